The maximum absolute atomic E-state index is 10.6. The van der Waals surface area contributed by atoms with Crippen molar-refractivity contribution in [1.82, 2.24) is 4.98 Å². The third-order valence-corrected chi connectivity index (χ3v) is 3.47. The lowest BCUT2D eigenvalue weighted by atomic mass is 10.2. The molecule has 17 heavy (non-hydrogen) atoms. The van der Waals surface area contributed by atoms with Crippen molar-refractivity contribution in [2.45, 2.75) is 19.1 Å². The molecule has 2 atom stereocenters. The molecule has 1 aliphatic heterocycles. The number of anilines is 1. The van der Waals surface area contributed by atoms with Crippen LogP contribution in [0.2, 0.25) is 0 Å². The fraction of sp³-hybridized carbons (Fsp3) is 0.667. The summed E-state index contributed by atoms with van der Waals surface area (Å²) < 4.78 is 5.49. The van der Waals surface area contributed by atoms with Crippen LogP contribution < -0.4 is 4.90 Å². The SMILES string of the molecule is CC1CN(c2ncc([N+](=O)[O-])s2)CC(CO)O1. The molecule has 2 heterocycles. The van der Waals surface area contributed by atoms with Crippen LogP contribution in [0.15, 0.2) is 6.20 Å². The zero-order valence-corrected chi connectivity index (χ0v) is 10.1. The van der Waals surface area contributed by atoms with E-state index in [0.29, 0.717) is 18.2 Å². The Morgan fingerprint density at radius 3 is 3.12 bits per heavy atom. The van der Waals surface area contributed by atoms with Crippen LogP contribution in [0.25, 0.3) is 0 Å². The molecule has 0 bridgehead atoms. The second-order valence-electron chi connectivity index (χ2n) is 3.89. The molecular weight excluding hydrogens is 246 g/mol. The quantitative estimate of drug-likeness (QED) is 0.633. The van der Waals surface area contributed by atoms with E-state index in [4.69, 9.17) is 9.84 Å². The lowest BCUT2D eigenvalue weighted by molar-refractivity contribution is -0.380. The van der Waals surface area contributed by atoms with Crippen LogP contribution in [0.3, 0.4) is 0 Å². The Hall–Kier alpha value is -1.25. The van der Waals surface area contributed by atoms with Crippen molar-refractivity contribution in [2.24, 2.45) is 0 Å². The number of morpholine rings is 1. The number of aliphatic hydroxyl groups is 1. The summed E-state index contributed by atoms with van der Waals surface area (Å²) in [5.74, 6) is 0. The summed E-state index contributed by atoms with van der Waals surface area (Å²) in [4.78, 5) is 16.1. The van der Waals surface area contributed by atoms with E-state index >= 15 is 0 Å². The Morgan fingerprint density at radius 1 is 1.76 bits per heavy atom. The van der Waals surface area contributed by atoms with Crippen LogP contribution in [-0.2, 0) is 4.74 Å². The Balaban J connectivity index is 2.12. The molecule has 2 rings (SSSR count). The maximum atomic E-state index is 10.6. The molecule has 0 spiro atoms. The molecule has 1 aliphatic rings. The van der Waals surface area contributed by atoms with Gasteiger partial charge in [0.15, 0.2) is 5.13 Å². The maximum Gasteiger partial charge on any atom is 0.345 e. The summed E-state index contributed by atoms with van der Waals surface area (Å²) in [6.07, 6.45) is 0.972. The van der Waals surface area contributed by atoms with E-state index in [9.17, 15) is 10.1 Å². The monoisotopic (exact) mass is 259 g/mol. The number of hydrogen-bond acceptors (Lipinski definition) is 7. The van der Waals surface area contributed by atoms with E-state index in [2.05, 4.69) is 4.98 Å². The fourth-order valence-corrected chi connectivity index (χ4v) is 2.54. The molecule has 1 aromatic heterocycles. The van der Waals surface area contributed by atoms with E-state index in [-0.39, 0.29) is 23.8 Å². The summed E-state index contributed by atoms with van der Waals surface area (Å²) in [6, 6.07) is 0. The lowest BCUT2D eigenvalue weighted by Crippen LogP contribution is -2.48. The highest BCUT2D eigenvalue weighted by atomic mass is 32.1. The third-order valence-electron chi connectivity index (χ3n) is 2.46. The number of aliphatic hydroxyl groups excluding tert-OH is 1. The number of ether oxygens (including phenoxy) is 1. The van der Waals surface area contributed by atoms with Crippen LogP contribution in [0.1, 0.15) is 6.92 Å². The highest BCUT2D eigenvalue weighted by molar-refractivity contribution is 7.18. The molecule has 8 heteroatoms. The Bertz CT molecular complexity index is 411. The molecule has 0 aromatic carbocycles. The number of rotatable bonds is 3. The molecule has 1 N–H and O–H groups in total. The Labute approximate surface area is 102 Å². The van der Waals surface area contributed by atoms with Crippen LogP contribution >= 0.6 is 11.3 Å². The van der Waals surface area contributed by atoms with Crippen molar-refractivity contribution >= 4 is 21.5 Å². The summed E-state index contributed by atoms with van der Waals surface area (Å²) in [6.45, 7) is 2.97. The van der Waals surface area contributed by atoms with Gasteiger partial charge in [0, 0.05) is 13.1 Å². The first-order valence-corrected chi connectivity index (χ1v) is 6.03. The molecule has 2 unspecified atom stereocenters. The zero-order chi connectivity index (χ0) is 12.4. The van der Waals surface area contributed by atoms with Crippen LogP contribution in [-0.4, -0.2) is 46.9 Å². The largest absolute Gasteiger partial charge is 0.394 e. The normalized spacial score (nSPS) is 24.9. The summed E-state index contributed by atoms with van der Waals surface area (Å²) in [5, 5.41) is 20.3. The van der Waals surface area contributed by atoms with Crippen molar-refractivity contribution in [1.29, 1.82) is 0 Å². The summed E-state index contributed by atoms with van der Waals surface area (Å²) in [7, 11) is 0. The predicted molar refractivity (Wildman–Crippen MR) is 62.4 cm³/mol. The number of nitrogens with zero attached hydrogens (tertiary/aromatic N) is 3. The fourth-order valence-electron chi connectivity index (χ4n) is 1.79. The Morgan fingerprint density at radius 2 is 2.53 bits per heavy atom. The smallest absolute Gasteiger partial charge is 0.345 e. The van der Waals surface area contributed by atoms with Gasteiger partial charge < -0.3 is 14.7 Å². The van der Waals surface area contributed by atoms with Crippen LogP contribution in [0.5, 0.6) is 0 Å². The van der Waals surface area contributed by atoms with Gasteiger partial charge in [0.1, 0.15) is 6.20 Å². The van der Waals surface area contributed by atoms with Gasteiger partial charge in [0.25, 0.3) is 0 Å². The lowest BCUT2D eigenvalue weighted by Gasteiger charge is -2.35. The number of thiazole rings is 1. The molecule has 1 saturated heterocycles. The van der Waals surface area contributed by atoms with E-state index < -0.39 is 4.92 Å². The van der Waals surface area contributed by atoms with Gasteiger partial charge in [0.05, 0.1) is 23.7 Å². The van der Waals surface area contributed by atoms with Crippen molar-refractivity contribution in [3.63, 3.8) is 0 Å². The van der Waals surface area contributed by atoms with Gasteiger partial charge in [-0.15, -0.1) is 0 Å². The average molecular weight is 259 g/mol. The van der Waals surface area contributed by atoms with Gasteiger partial charge in [-0.2, -0.15) is 0 Å². The summed E-state index contributed by atoms with van der Waals surface area (Å²) in [5.41, 5.74) is 0. The molecule has 0 aliphatic carbocycles. The number of hydrogen-bond donors (Lipinski definition) is 1. The van der Waals surface area contributed by atoms with Crippen molar-refractivity contribution in [3.8, 4) is 0 Å². The van der Waals surface area contributed by atoms with Crippen molar-refractivity contribution < 1.29 is 14.8 Å². The number of nitro groups is 1. The van der Waals surface area contributed by atoms with E-state index in [1.807, 2.05) is 11.8 Å². The molecule has 0 saturated carbocycles. The van der Waals surface area contributed by atoms with Gasteiger partial charge in [-0.1, -0.05) is 0 Å². The molecule has 0 radical (unpaired) electrons. The number of aromatic nitrogens is 1. The summed E-state index contributed by atoms with van der Waals surface area (Å²) >= 11 is 1.04. The van der Waals surface area contributed by atoms with Crippen molar-refractivity contribution in [3.05, 3.63) is 16.3 Å². The molecule has 1 aromatic rings. The minimum Gasteiger partial charge on any atom is -0.394 e. The third kappa shape index (κ3) is 2.71. The highest BCUT2D eigenvalue weighted by Gasteiger charge is 2.27. The first-order valence-electron chi connectivity index (χ1n) is 5.21. The topological polar surface area (TPSA) is 88.7 Å². The van der Waals surface area contributed by atoms with Gasteiger partial charge in [-0.3, -0.25) is 10.1 Å². The van der Waals surface area contributed by atoms with E-state index in [0.717, 1.165) is 11.3 Å². The van der Waals surface area contributed by atoms with E-state index in [1.54, 1.807) is 0 Å². The van der Waals surface area contributed by atoms with Crippen LogP contribution in [0.4, 0.5) is 10.1 Å². The van der Waals surface area contributed by atoms with Gasteiger partial charge in [0.2, 0.25) is 0 Å². The van der Waals surface area contributed by atoms with E-state index in [1.165, 1.54) is 6.20 Å². The molecule has 0 amide bonds. The van der Waals surface area contributed by atoms with Crippen molar-refractivity contribution in [2.75, 3.05) is 24.6 Å². The minimum absolute atomic E-state index is 0.0242. The zero-order valence-electron chi connectivity index (χ0n) is 9.28. The molecule has 1 fully saturated rings. The van der Waals surface area contributed by atoms with Crippen LogP contribution in [0, 0.1) is 10.1 Å². The second kappa shape index (κ2) is 4.94. The molecular formula is C9H13N3O4S. The first-order chi connectivity index (χ1) is 8.10. The second-order valence-corrected chi connectivity index (χ2v) is 4.88. The molecule has 7 nitrogen and oxygen atoms in total. The average Bonchev–Trinajstić information content (AvgIpc) is 2.77. The Kier molecular flexibility index (Phi) is 3.55. The predicted octanol–water partition coefficient (Wildman–Crippen LogP) is 0.637. The van der Waals surface area contributed by atoms with Gasteiger partial charge in [-0.25, -0.2) is 4.98 Å². The standard InChI is InChI=1S/C9H13N3O4S/c1-6-3-11(4-7(5-13)16-6)9-10-2-8(17-9)12(14)15/h2,6-7,13H,3-5H2,1H3. The molecule has 94 valence electrons. The minimum atomic E-state index is -0.450. The van der Waals surface area contributed by atoms with Gasteiger partial charge >= 0.3 is 5.00 Å². The van der Waals surface area contributed by atoms with Gasteiger partial charge in [-0.05, 0) is 18.3 Å². The highest BCUT2D eigenvalue weighted by Crippen LogP contribution is 2.30. The first kappa shape index (κ1) is 12.2.